The molecule has 0 bridgehead atoms. The Morgan fingerprint density at radius 1 is 1.03 bits per heavy atom. The molecule has 2 N–H and O–H groups in total. The average molecular weight is 544 g/mol. The van der Waals surface area contributed by atoms with Crippen LogP contribution < -0.4 is 5.32 Å². The van der Waals surface area contributed by atoms with E-state index in [0.717, 1.165) is 29.5 Å². The van der Waals surface area contributed by atoms with Crippen molar-refractivity contribution in [2.24, 2.45) is 0 Å². The standard InChI is InChI=1S/C29H34ClNO5S/c1-4-7-21-12-15-28(26(17-21)29(33)36-5-2)37(34,35)25-13-10-22(11-14-25)16-20(3)31-19-27(32)23-8-6-9-24(30)18-23/h6,8-15,17-18,20,27,31-32H,4-5,7,16,19H2,1-3H3/t20-,27-/m1/s1. The number of carbonyl (C=O) groups excluding carboxylic acids is 1. The highest BCUT2D eigenvalue weighted by Crippen LogP contribution is 2.27. The van der Waals surface area contributed by atoms with E-state index in [4.69, 9.17) is 16.3 Å². The van der Waals surface area contributed by atoms with Crippen LogP contribution in [0.25, 0.3) is 0 Å². The second kappa shape index (κ2) is 13.2. The summed E-state index contributed by atoms with van der Waals surface area (Å²) in [5.74, 6) is -0.643. The maximum absolute atomic E-state index is 13.4. The minimum atomic E-state index is -3.93. The van der Waals surface area contributed by atoms with Crippen LogP contribution in [0.15, 0.2) is 76.5 Å². The number of halogens is 1. The smallest absolute Gasteiger partial charge is 0.339 e. The molecule has 0 aliphatic rings. The molecule has 0 heterocycles. The van der Waals surface area contributed by atoms with Crippen LogP contribution in [0.3, 0.4) is 0 Å². The second-order valence-electron chi connectivity index (χ2n) is 9.03. The first-order valence-corrected chi connectivity index (χ1v) is 14.3. The molecule has 0 saturated heterocycles. The number of sulfone groups is 1. The molecule has 37 heavy (non-hydrogen) atoms. The van der Waals surface area contributed by atoms with Crippen LogP contribution >= 0.6 is 11.6 Å². The number of hydrogen-bond acceptors (Lipinski definition) is 6. The van der Waals surface area contributed by atoms with E-state index in [1.807, 2.05) is 19.9 Å². The van der Waals surface area contributed by atoms with E-state index in [1.165, 1.54) is 6.07 Å². The van der Waals surface area contributed by atoms with Gasteiger partial charge in [0.15, 0.2) is 0 Å². The van der Waals surface area contributed by atoms with Crippen LogP contribution in [0.2, 0.25) is 5.02 Å². The highest BCUT2D eigenvalue weighted by molar-refractivity contribution is 7.91. The van der Waals surface area contributed by atoms with Crippen LogP contribution in [-0.4, -0.2) is 38.7 Å². The summed E-state index contributed by atoms with van der Waals surface area (Å²) < 4.78 is 32.0. The van der Waals surface area contributed by atoms with Crippen molar-refractivity contribution in [2.75, 3.05) is 13.2 Å². The van der Waals surface area contributed by atoms with Crippen molar-refractivity contribution in [3.63, 3.8) is 0 Å². The van der Waals surface area contributed by atoms with Crippen LogP contribution in [0.1, 0.15) is 60.3 Å². The minimum absolute atomic E-state index is 0.0396. The maximum atomic E-state index is 13.4. The topological polar surface area (TPSA) is 92.7 Å². The third-order valence-electron chi connectivity index (χ3n) is 6.04. The Morgan fingerprint density at radius 3 is 2.38 bits per heavy atom. The lowest BCUT2D eigenvalue weighted by Crippen LogP contribution is -2.32. The van der Waals surface area contributed by atoms with Gasteiger partial charge in [0.1, 0.15) is 0 Å². The normalized spacial score (nSPS) is 13.2. The zero-order chi connectivity index (χ0) is 27.0. The largest absolute Gasteiger partial charge is 0.462 e. The molecule has 3 aromatic rings. The number of hydrogen-bond donors (Lipinski definition) is 2. The highest BCUT2D eigenvalue weighted by atomic mass is 35.5. The van der Waals surface area contributed by atoms with E-state index >= 15 is 0 Å². The molecule has 0 amide bonds. The van der Waals surface area contributed by atoms with Crippen LogP contribution in [0.4, 0.5) is 0 Å². The second-order valence-corrected chi connectivity index (χ2v) is 11.4. The van der Waals surface area contributed by atoms with Gasteiger partial charge in [0.2, 0.25) is 9.84 Å². The summed E-state index contributed by atoms with van der Waals surface area (Å²) in [5, 5.41) is 14.3. The Balaban J connectivity index is 1.71. The molecule has 0 aromatic heterocycles. The number of ether oxygens (including phenoxy) is 1. The Kier molecular flexibility index (Phi) is 10.3. The average Bonchev–Trinajstić information content (AvgIpc) is 2.88. The van der Waals surface area contributed by atoms with Gasteiger partial charge in [0.25, 0.3) is 0 Å². The van der Waals surface area contributed by atoms with E-state index in [9.17, 15) is 18.3 Å². The van der Waals surface area contributed by atoms with Gasteiger partial charge >= 0.3 is 5.97 Å². The van der Waals surface area contributed by atoms with Gasteiger partial charge in [-0.3, -0.25) is 0 Å². The monoisotopic (exact) mass is 543 g/mol. The molecular formula is C29H34ClNO5S. The molecule has 8 heteroatoms. The van der Waals surface area contributed by atoms with E-state index in [-0.39, 0.29) is 28.0 Å². The highest BCUT2D eigenvalue weighted by Gasteiger charge is 2.26. The number of benzene rings is 3. The molecular weight excluding hydrogens is 510 g/mol. The number of rotatable bonds is 12. The molecule has 3 aromatic carbocycles. The Hall–Kier alpha value is -2.71. The first-order chi connectivity index (χ1) is 17.6. The number of aliphatic hydroxyl groups is 1. The molecule has 6 nitrogen and oxygen atoms in total. The van der Waals surface area contributed by atoms with Crippen molar-refractivity contribution in [1.82, 2.24) is 5.32 Å². The van der Waals surface area contributed by atoms with E-state index in [2.05, 4.69) is 5.32 Å². The lowest BCUT2D eigenvalue weighted by molar-refractivity contribution is 0.0521. The summed E-state index contributed by atoms with van der Waals surface area (Å²) >= 11 is 6.00. The fourth-order valence-electron chi connectivity index (χ4n) is 4.13. The van der Waals surface area contributed by atoms with Gasteiger partial charge in [-0.1, -0.05) is 55.3 Å². The molecule has 0 fully saturated rings. The Morgan fingerprint density at radius 2 is 1.73 bits per heavy atom. The minimum Gasteiger partial charge on any atom is -0.462 e. The third kappa shape index (κ3) is 7.65. The van der Waals surface area contributed by atoms with Crippen molar-refractivity contribution in [2.45, 2.75) is 62.0 Å². The predicted octanol–water partition coefficient (Wildman–Crippen LogP) is 5.56. The molecule has 0 unspecified atom stereocenters. The van der Waals surface area contributed by atoms with Gasteiger partial charge < -0.3 is 15.2 Å². The zero-order valence-corrected chi connectivity index (χ0v) is 23.0. The molecule has 0 radical (unpaired) electrons. The number of aryl methyl sites for hydroxylation is 1. The molecule has 0 spiro atoms. The fraction of sp³-hybridized carbons (Fsp3) is 0.345. The number of carbonyl (C=O) groups is 1. The quantitative estimate of drug-likeness (QED) is 0.291. The SMILES string of the molecule is CCCc1ccc(S(=O)(=O)c2ccc(C[C@@H](C)NC[C@@H](O)c3cccc(Cl)c3)cc2)c(C(=O)OCC)c1. The molecule has 0 saturated carbocycles. The fourth-order valence-corrected chi connectivity index (χ4v) is 5.75. The molecule has 3 rings (SSSR count). The maximum Gasteiger partial charge on any atom is 0.339 e. The molecule has 0 aliphatic heterocycles. The van der Waals surface area contributed by atoms with Crippen molar-refractivity contribution < 1.29 is 23.1 Å². The van der Waals surface area contributed by atoms with Crippen molar-refractivity contribution in [3.8, 4) is 0 Å². The van der Waals surface area contributed by atoms with Crippen molar-refractivity contribution in [3.05, 3.63) is 94.0 Å². The summed E-state index contributed by atoms with van der Waals surface area (Å²) in [4.78, 5) is 12.6. The van der Waals surface area contributed by atoms with Crippen LogP contribution in [0, 0.1) is 0 Å². The predicted molar refractivity (Wildman–Crippen MR) is 146 cm³/mol. The summed E-state index contributed by atoms with van der Waals surface area (Å²) in [6, 6.07) is 18.7. The first-order valence-electron chi connectivity index (χ1n) is 12.5. The summed E-state index contributed by atoms with van der Waals surface area (Å²) in [7, 11) is -3.93. The van der Waals surface area contributed by atoms with Gasteiger partial charge in [-0.15, -0.1) is 0 Å². The van der Waals surface area contributed by atoms with E-state index < -0.39 is 21.9 Å². The molecule has 198 valence electrons. The van der Waals surface area contributed by atoms with E-state index in [1.54, 1.807) is 61.5 Å². The summed E-state index contributed by atoms with van der Waals surface area (Å²) in [6.45, 7) is 6.23. The van der Waals surface area contributed by atoms with Crippen molar-refractivity contribution >= 4 is 27.4 Å². The summed E-state index contributed by atoms with van der Waals surface area (Å²) in [5.41, 5.74) is 2.64. The molecule has 2 atom stereocenters. The third-order valence-corrected chi connectivity index (χ3v) is 8.10. The lowest BCUT2D eigenvalue weighted by atomic mass is 10.1. The summed E-state index contributed by atoms with van der Waals surface area (Å²) in [6.07, 6.45) is 1.57. The number of aliphatic hydroxyl groups excluding tert-OH is 1. The van der Waals surface area contributed by atoms with E-state index in [0.29, 0.717) is 18.0 Å². The van der Waals surface area contributed by atoms with Gasteiger partial charge in [-0.05, 0) is 79.8 Å². The van der Waals surface area contributed by atoms with Gasteiger partial charge in [0, 0.05) is 17.6 Å². The van der Waals surface area contributed by atoms with Gasteiger partial charge in [0.05, 0.1) is 28.1 Å². The Labute approximate surface area is 224 Å². The Bertz CT molecular complexity index is 1310. The first kappa shape index (κ1) is 28.9. The van der Waals surface area contributed by atoms with Gasteiger partial charge in [-0.2, -0.15) is 0 Å². The zero-order valence-electron chi connectivity index (χ0n) is 21.4. The van der Waals surface area contributed by atoms with Crippen molar-refractivity contribution in [1.29, 1.82) is 0 Å². The van der Waals surface area contributed by atoms with Crippen LogP contribution in [-0.2, 0) is 27.4 Å². The van der Waals surface area contributed by atoms with Gasteiger partial charge in [-0.25, -0.2) is 13.2 Å². The van der Waals surface area contributed by atoms with Crippen LogP contribution in [0.5, 0.6) is 0 Å². The number of nitrogens with one attached hydrogen (secondary N) is 1. The molecule has 0 aliphatic carbocycles. The number of esters is 1. The lowest BCUT2D eigenvalue weighted by Gasteiger charge is -2.18.